The number of benzene rings is 3. The zero-order valence-electron chi connectivity index (χ0n) is 20.5. The lowest BCUT2D eigenvalue weighted by atomic mass is 9.87. The number of hydrogen-bond donors (Lipinski definition) is 0. The van der Waals surface area contributed by atoms with Gasteiger partial charge in [0, 0.05) is 36.0 Å². The van der Waals surface area contributed by atoms with Crippen LogP contribution < -0.4 is 9.47 Å². The van der Waals surface area contributed by atoms with E-state index in [0.717, 1.165) is 34.6 Å². The molecule has 0 N–H and O–H groups in total. The van der Waals surface area contributed by atoms with Crippen molar-refractivity contribution < 1.29 is 14.3 Å². The molecule has 0 saturated carbocycles. The van der Waals surface area contributed by atoms with Gasteiger partial charge in [-0.15, -0.1) is 0 Å². The summed E-state index contributed by atoms with van der Waals surface area (Å²) in [7, 11) is 1.70. The fourth-order valence-electron chi connectivity index (χ4n) is 4.12. The quantitative estimate of drug-likeness (QED) is 0.294. The molecule has 0 fully saturated rings. The van der Waals surface area contributed by atoms with Crippen LogP contribution in [0.5, 0.6) is 11.5 Å². The first-order valence-electron chi connectivity index (χ1n) is 11.8. The van der Waals surface area contributed by atoms with Gasteiger partial charge in [-0.05, 0) is 61.7 Å². The predicted octanol–water partition coefficient (Wildman–Crippen LogP) is 7.10. The van der Waals surface area contributed by atoms with Gasteiger partial charge in [-0.25, -0.2) is 0 Å². The summed E-state index contributed by atoms with van der Waals surface area (Å²) in [6.45, 7) is 7.13. The highest BCUT2D eigenvalue weighted by Crippen LogP contribution is 2.35. The number of rotatable bonds is 11. The molecule has 0 saturated heterocycles. The highest BCUT2D eigenvalue weighted by atomic mass is 35.5. The first-order valence-corrected chi connectivity index (χ1v) is 12.2. The zero-order valence-corrected chi connectivity index (χ0v) is 21.2. The summed E-state index contributed by atoms with van der Waals surface area (Å²) in [5, 5.41) is 0.693. The first kappa shape index (κ1) is 25.6. The number of methoxy groups -OCH3 is 1. The molecule has 4 nitrogen and oxygen atoms in total. The lowest BCUT2D eigenvalue weighted by Crippen LogP contribution is -2.31. The molecule has 34 heavy (non-hydrogen) atoms. The van der Waals surface area contributed by atoms with Crippen LogP contribution in [0, 0.1) is 0 Å². The van der Waals surface area contributed by atoms with E-state index in [0.29, 0.717) is 24.5 Å². The Morgan fingerprint density at radius 2 is 1.65 bits per heavy atom. The van der Waals surface area contributed by atoms with E-state index >= 15 is 0 Å². The number of ether oxygens (including phenoxy) is 2. The number of hydrogen-bond acceptors (Lipinski definition) is 3. The van der Waals surface area contributed by atoms with Gasteiger partial charge in [0.15, 0.2) is 0 Å². The molecule has 3 aromatic carbocycles. The van der Waals surface area contributed by atoms with Gasteiger partial charge in [-0.3, -0.25) is 4.79 Å². The van der Waals surface area contributed by atoms with Crippen molar-refractivity contribution in [2.45, 2.75) is 52.2 Å². The predicted molar refractivity (Wildman–Crippen MR) is 139 cm³/mol. The third-order valence-electron chi connectivity index (χ3n) is 5.80. The average molecular weight is 480 g/mol. The number of amides is 1. The van der Waals surface area contributed by atoms with Crippen molar-refractivity contribution in [3.8, 4) is 11.5 Å². The van der Waals surface area contributed by atoms with Crippen molar-refractivity contribution in [3.05, 3.63) is 94.5 Å². The second kappa shape index (κ2) is 12.5. The van der Waals surface area contributed by atoms with Crippen LogP contribution in [0.3, 0.4) is 0 Å². The molecule has 180 valence electrons. The summed E-state index contributed by atoms with van der Waals surface area (Å²) in [6.07, 6.45) is 1.36. The van der Waals surface area contributed by atoms with Crippen LogP contribution in [0.15, 0.2) is 72.8 Å². The Labute approximate surface area is 208 Å². The van der Waals surface area contributed by atoms with Crippen molar-refractivity contribution in [3.63, 3.8) is 0 Å². The van der Waals surface area contributed by atoms with Crippen LogP contribution in [-0.2, 0) is 11.3 Å². The third-order valence-corrected chi connectivity index (χ3v) is 6.05. The molecule has 0 heterocycles. The van der Waals surface area contributed by atoms with E-state index in [4.69, 9.17) is 21.1 Å². The molecule has 0 radical (unpaired) electrons. The topological polar surface area (TPSA) is 38.8 Å². The monoisotopic (exact) mass is 479 g/mol. The lowest BCUT2D eigenvalue weighted by molar-refractivity contribution is -0.131. The molecule has 0 aromatic heterocycles. The Hall–Kier alpha value is -2.98. The van der Waals surface area contributed by atoms with Gasteiger partial charge in [-0.1, -0.05) is 61.0 Å². The normalized spacial score (nSPS) is 11.8. The minimum Gasteiger partial charge on any atom is -0.496 e. The number of halogens is 1. The SMILES string of the molecule is CCC(=O)N(CCC(c1ccc(OC(C)C)cc1)c1ccccc1OC)Cc1ccc(Cl)cc1. The zero-order chi connectivity index (χ0) is 24.5. The standard InChI is InChI=1S/C29H34ClNO3/c1-5-29(32)31(20-22-10-14-24(30)15-11-22)19-18-26(27-8-6-7-9-28(27)33-4)23-12-16-25(17-13-23)34-21(2)3/h6-17,21,26H,5,18-20H2,1-4H3. The van der Waals surface area contributed by atoms with Crippen LogP contribution >= 0.6 is 11.6 Å². The van der Waals surface area contributed by atoms with Crippen molar-refractivity contribution in [2.24, 2.45) is 0 Å². The van der Waals surface area contributed by atoms with E-state index in [-0.39, 0.29) is 17.9 Å². The fourth-order valence-corrected chi connectivity index (χ4v) is 4.24. The molecular weight excluding hydrogens is 446 g/mol. The molecule has 0 aliphatic heterocycles. The Morgan fingerprint density at radius 3 is 2.26 bits per heavy atom. The minimum absolute atomic E-state index is 0.0709. The molecule has 1 unspecified atom stereocenters. The molecular formula is C29H34ClNO3. The van der Waals surface area contributed by atoms with Crippen LogP contribution in [0.2, 0.25) is 5.02 Å². The smallest absolute Gasteiger partial charge is 0.222 e. The summed E-state index contributed by atoms with van der Waals surface area (Å²) in [6, 6.07) is 24.0. The van der Waals surface area contributed by atoms with Gasteiger partial charge in [0.05, 0.1) is 13.2 Å². The van der Waals surface area contributed by atoms with E-state index < -0.39 is 0 Å². The summed E-state index contributed by atoms with van der Waals surface area (Å²) < 4.78 is 11.5. The summed E-state index contributed by atoms with van der Waals surface area (Å²) >= 11 is 6.04. The second-order valence-electron chi connectivity index (χ2n) is 8.61. The minimum atomic E-state index is 0.0709. The molecule has 3 aromatic rings. The molecule has 1 amide bonds. The van der Waals surface area contributed by atoms with E-state index in [2.05, 4.69) is 18.2 Å². The number of carbonyl (C=O) groups is 1. The van der Waals surface area contributed by atoms with Gasteiger partial charge >= 0.3 is 0 Å². The summed E-state index contributed by atoms with van der Waals surface area (Å²) in [5.41, 5.74) is 3.34. The Morgan fingerprint density at radius 1 is 0.971 bits per heavy atom. The maximum atomic E-state index is 12.8. The van der Waals surface area contributed by atoms with Crippen LogP contribution in [0.1, 0.15) is 56.2 Å². The highest BCUT2D eigenvalue weighted by Gasteiger charge is 2.21. The third kappa shape index (κ3) is 7.01. The average Bonchev–Trinajstić information content (AvgIpc) is 2.85. The van der Waals surface area contributed by atoms with Crippen molar-refractivity contribution in [1.29, 1.82) is 0 Å². The van der Waals surface area contributed by atoms with Gasteiger partial charge < -0.3 is 14.4 Å². The van der Waals surface area contributed by atoms with Gasteiger partial charge in [0.1, 0.15) is 11.5 Å². The molecule has 0 spiro atoms. The maximum absolute atomic E-state index is 12.8. The fraction of sp³-hybridized carbons (Fsp3) is 0.345. The maximum Gasteiger partial charge on any atom is 0.222 e. The number of nitrogens with zero attached hydrogens (tertiary/aromatic N) is 1. The van der Waals surface area contributed by atoms with Crippen molar-refractivity contribution in [1.82, 2.24) is 4.90 Å². The van der Waals surface area contributed by atoms with E-state index in [1.807, 2.05) is 80.3 Å². The number of carbonyl (C=O) groups excluding carboxylic acids is 1. The summed E-state index contributed by atoms with van der Waals surface area (Å²) in [4.78, 5) is 14.7. The Bertz CT molecular complexity index is 1050. The van der Waals surface area contributed by atoms with Crippen LogP contribution in [-0.4, -0.2) is 30.6 Å². The molecule has 5 heteroatoms. The molecule has 1 atom stereocenters. The molecule has 0 aliphatic carbocycles. The summed E-state index contributed by atoms with van der Waals surface area (Å²) in [5.74, 6) is 1.90. The van der Waals surface area contributed by atoms with E-state index in [1.165, 1.54) is 0 Å². The lowest BCUT2D eigenvalue weighted by Gasteiger charge is -2.27. The largest absolute Gasteiger partial charge is 0.496 e. The molecule has 0 aliphatic rings. The van der Waals surface area contributed by atoms with Crippen molar-refractivity contribution >= 4 is 17.5 Å². The van der Waals surface area contributed by atoms with Crippen LogP contribution in [0.25, 0.3) is 0 Å². The van der Waals surface area contributed by atoms with Gasteiger partial charge in [0.2, 0.25) is 5.91 Å². The van der Waals surface area contributed by atoms with Crippen LogP contribution in [0.4, 0.5) is 0 Å². The number of para-hydroxylation sites is 1. The molecule has 3 rings (SSSR count). The Balaban J connectivity index is 1.87. The van der Waals surface area contributed by atoms with Gasteiger partial charge in [0.25, 0.3) is 0 Å². The van der Waals surface area contributed by atoms with Gasteiger partial charge in [-0.2, -0.15) is 0 Å². The van der Waals surface area contributed by atoms with E-state index in [1.54, 1.807) is 7.11 Å². The highest BCUT2D eigenvalue weighted by molar-refractivity contribution is 6.30. The second-order valence-corrected chi connectivity index (χ2v) is 9.05. The first-order chi connectivity index (χ1) is 16.4. The molecule has 0 bridgehead atoms. The Kier molecular flexibility index (Phi) is 9.41. The van der Waals surface area contributed by atoms with E-state index in [9.17, 15) is 4.79 Å². The van der Waals surface area contributed by atoms with Crippen molar-refractivity contribution in [2.75, 3.05) is 13.7 Å².